The van der Waals surface area contributed by atoms with Crippen LogP contribution in [0.25, 0.3) is 0 Å². The van der Waals surface area contributed by atoms with Crippen molar-refractivity contribution in [3.8, 4) is 0 Å². The highest BCUT2D eigenvalue weighted by Gasteiger charge is 2.20. The quantitative estimate of drug-likeness (QED) is 0.278. The molecule has 1 unspecified atom stereocenters. The number of carbonyl (C=O) groups is 1. The van der Waals surface area contributed by atoms with Gasteiger partial charge in [-0.1, -0.05) is 47.5 Å². The highest BCUT2D eigenvalue weighted by Crippen LogP contribution is 2.23. The van der Waals surface area contributed by atoms with E-state index in [1.54, 1.807) is 18.2 Å². The second kappa shape index (κ2) is 12.5. The first-order chi connectivity index (χ1) is 14.5. The van der Waals surface area contributed by atoms with Gasteiger partial charge >= 0.3 is 0 Å². The lowest BCUT2D eigenvalue weighted by Gasteiger charge is -2.28. The number of nitrogens with one attached hydrogen (secondary N) is 2. The average Bonchev–Trinajstić information content (AvgIpc) is 2.74. The predicted molar refractivity (Wildman–Crippen MR) is 136 cm³/mol. The topological polar surface area (TPSA) is 77.0 Å². The Kier molecular flexibility index (Phi) is 10.3. The number of halogens is 3. The first-order valence-corrected chi connectivity index (χ1v) is 10.7. The van der Waals surface area contributed by atoms with Gasteiger partial charge < -0.3 is 20.6 Å². The molecular formula is C22H27Cl2IN4O2. The number of benzene rings is 2. The minimum Gasteiger partial charge on any atom is -0.387 e. The molecule has 2 aromatic carbocycles. The van der Waals surface area contributed by atoms with Crippen molar-refractivity contribution in [2.24, 2.45) is 4.99 Å². The third kappa shape index (κ3) is 7.52. The number of carbonyl (C=O) groups excluding carboxylic acids is 1. The second-order valence-electron chi connectivity index (χ2n) is 7.13. The van der Waals surface area contributed by atoms with Gasteiger partial charge in [0.2, 0.25) is 5.91 Å². The summed E-state index contributed by atoms with van der Waals surface area (Å²) in [4.78, 5) is 18.9. The molecule has 0 radical (unpaired) electrons. The zero-order valence-electron chi connectivity index (χ0n) is 17.3. The van der Waals surface area contributed by atoms with Crippen molar-refractivity contribution in [1.82, 2.24) is 15.5 Å². The van der Waals surface area contributed by atoms with Crippen LogP contribution in [0.5, 0.6) is 0 Å². The lowest BCUT2D eigenvalue weighted by molar-refractivity contribution is -0.130. The van der Waals surface area contributed by atoms with Gasteiger partial charge in [0.1, 0.15) is 6.54 Å². The molecule has 2 aromatic rings. The van der Waals surface area contributed by atoms with E-state index in [1.807, 2.05) is 24.0 Å². The first kappa shape index (κ1) is 25.7. The fourth-order valence-corrected chi connectivity index (χ4v) is 3.92. The number of amides is 1. The fraction of sp³-hybridized carbons (Fsp3) is 0.364. The van der Waals surface area contributed by atoms with Gasteiger partial charge in [0.15, 0.2) is 5.96 Å². The van der Waals surface area contributed by atoms with E-state index < -0.39 is 6.10 Å². The van der Waals surface area contributed by atoms with E-state index in [-0.39, 0.29) is 43.0 Å². The average molecular weight is 577 g/mol. The van der Waals surface area contributed by atoms with Crippen molar-refractivity contribution in [3.63, 3.8) is 0 Å². The number of guanidine groups is 1. The third-order valence-corrected chi connectivity index (χ3v) is 5.37. The van der Waals surface area contributed by atoms with Gasteiger partial charge in [-0.15, -0.1) is 24.0 Å². The molecule has 1 amide bonds. The van der Waals surface area contributed by atoms with Crippen molar-refractivity contribution < 1.29 is 9.90 Å². The molecule has 31 heavy (non-hydrogen) atoms. The maximum Gasteiger partial charge on any atom is 0.244 e. The Morgan fingerprint density at radius 2 is 1.84 bits per heavy atom. The summed E-state index contributed by atoms with van der Waals surface area (Å²) in [5, 5.41) is 17.5. The standard InChI is InChI=1S/C22H26Cl2N4O2.HI/c1-2-25-22(26-12-20(29)17-9-18(23)11-19(24)10-17)27-13-21(30)28-8-7-15-5-3-4-6-16(15)14-28;/h3-6,9-11,20,29H,2,7-8,12-14H2,1H3,(H2,25,26,27);1H. The minimum absolute atomic E-state index is 0. The van der Waals surface area contributed by atoms with Crippen molar-refractivity contribution in [1.29, 1.82) is 0 Å². The Bertz CT molecular complexity index is 906. The smallest absolute Gasteiger partial charge is 0.244 e. The monoisotopic (exact) mass is 576 g/mol. The van der Waals surface area contributed by atoms with Crippen LogP contribution in [-0.2, 0) is 17.8 Å². The van der Waals surface area contributed by atoms with Crippen LogP contribution in [0, 0.1) is 0 Å². The van der Waals surface area contributed by atoms with E-state index in [0.717, 1.165) is 6.42 Å². The van der Waals surface area contributed by atoms with E-state index in [2.05, 4.69) is 27.8 Å². The maximum absolute atomic E-state index is 12.6. The molecule has 3 rings (SSSR count). The van der Waals surface area contributed by atoms with Crippen molar-refractivity contribution in [2.75, 3.05) is 26.2 Å². The van der Waals surface area contributed by atoms with Crippen LogP contribution in [0.3, 0.4) is 0 Å². The maximum atomic E-state index is 12.6. The molecule has 9 heteroatoms. The number of hydrogen-bond acceptors (Lipinski definition) is 3. The molecular weight excluding hydrogens is 550 g/mol. The summed E-state index contributed by atoms with van der Waals surface area (Å²) in [6, 6.07) is 13.2. The van der Waals surface area contributed by atoms with Crippen LogP contribution in [0.2, 0.25) is 10.0 Å². The predicted octanol–water partition coefficient (Wildman–Crippen LogP) is 3.78. The molecule has 0 saturated carbocycles. The number of aliphatic hydroxyl groups is 1. The Hall–Kier alpha value is -1.55. The largest absolute Gasteiger partial charge is 0.387 e. The fourth-order valence-electron chi connectivity index (χ4n) is 3.38. The molecule has 3 N–H and O–H groups in total. The van der Waals surface area contributed by atoms with Crippen molar-refractivity contribution >= 4 is 59.0 Å². The number of aliphatic hydroxyl groups excluding tert-OH is 1. The summed E-state index contributed by atoms with van der Waals surface area (Å²) in [5.74, 6) is 0.444. The van der Waals surface area contributed by atoms with Crippen LogP contribution >= 0.6 is 47.2 Å². The summed E-state index contributed by atoms with van der Waals surface area (Å²) in [6.45, 7) is 4.13. The van der Waals surface area contributed by atoms with Gasteiger partial charge in [-0.25, -0.2) is 4.99 Å². The lowest BCUT2D eigenvalue weighted by atomic mass is 10.00. The summed E-state index contributed by atoms with van der Waals surface area (Å²) in [6.07, 6.45) is 0.0394. The summed E-state index contributed by atoms with van der Waals surface area (Å²) in [5.41, 5.74) is 3.10. The molecule has 0 aliphatic carbocycles. The van der Waals surface area contributed by atoms with Crippen LogP contribution in [0.4, 0.5) is 0 Å². The van der Waals surface area contributed by atoms with E-state index in [9.17, 15) is 9.90 Å². The number of hydrogen-bond donors (Lipinski definition) is 3. The minimum atomic E-state index is -0.820. The van der Waals surface area contributed by atoms with E-state index in [0.29, 0.717) is 41.2 Å². The molecule has 1 atom stereocenters. The van der Waals surface area contributed by atoms with Crippen molar-refractivity contribution in [2.45, 2.75) is 26.0 Å². The summed E-state index contributed by atoms with van der Waals surface area (Å²) in [7, 11) is 0. The van der Waals surface area contributed by atoms with Crippen LogP contribution < -0.4 is 10.6 Å². The van der Waals surface area contributed by atoms with Crippen LogP contribution in [0.15, 0.2) is 47.5 Å². The van der Waals surface area contributed by atoms with E-state index in [4.69, 9.17) is 23.2 Å². The second-order valence-corrected chi connectivity index (χ2v) is 8.00. The number of aliphatic imine (C=N–C) groups is 1. The molecule has 1 heterocycles. The molecule has 0 fully saturated rings. The summed E-state index contributed by atoms with van der Waals surface area (Å²) >= 11 is 12.0. The van der Waals surface area contributed by atoms with Gasteiger partial charge in [-0.2, -0.15) is 0 Å². The number of rotatable bonds is 6. The van der Waals surface area contributed by atoms with E-state index in [1.165, 1.54) is 11.1 Å². The third-order valence-electron chi connectivity index (χ3n) is 4.93. The molecule has 0 bridgehead atoms. The van der Waals surface area contributed by atoms with Gasteiger partial charge in [0, 0.05) is 36.2 Å². The Balaban J connectivity index is 0.00000341. The number of fused-ring (bicyclic) bond motifs is 1. The van der Waals surface area contributed by atoms with Crippen LogP contribution in [-0.4, -0.2) is 48.1 Å². The Labute approximate surface area is 210 Å². The zero-order chi connectivity index (χ0) is 21.5. The molecule has 168 valence electrons. The highest BCUT2D eigenvalue weighted by atomic mass is 127. The van der Waals surface area contributed by atoms with Gasteiger partial charge in [0.05, 0.1) is 6.10 Å². The van der Waals surface area contributed by atoms with E-state index >= 15 is 0 Å². The molecule has 0 saturated heterocycles. The van der Waals surface area contributed by atoms with Gasteiger partial charge in [-0.3, -0.25) is 4.79 Å². The van der Waals surface area contributed by atoms with Gasteiger partial charge in [-0.05, 0) is 48.2 Å². The first-order valence-electron chi connectivity index (χ1n) is 9.97. The Morgan fingerprint density at radius 3 is 2.52 bits per heavy atom. The number of nitrogens with zero attached hydrogens (tertiary/aromatic N) is 2. The Morgan fingerprint density at radius 1 is 1.16 bits per heavy atom. The molecule has 0 aromatic heterocycles. The summed E-state index contributed by atoms with van der Waals surface area (Å²) < 4.78 is 0. The van der Waals surface area contributed by atoms with Gasteiger partial charge in [0.25, 0.3) is 0 Å². The normalized spacial score (nSPS) is 14.3. The SMILES string of the molecule is CCNC(=NCC(=O)N1CCc2ccccc2C1)NCC(O)c1cc(Cl)cc(Cl)c1.I. The molecule has 1 aliphatic heterocycles. The van der Waals surface area contributed by atoms with Crippen molar-refractivity contribution in [3.05, 3.63) is 69.2 Å². The van der Waals surface area contributed by atoms with Crippen LogP contribution in [0.1, 0.15) is 29.7 Å². The highest BCUT2D eigenvalue weighted by molar-refractivity contribution is 14.0. The zero-order valence-corrected chi connectivity index (χ0v) is 21.1. The molecule has 1 aliphatic rings. The lowest BCUT2D eigenvalue weighted by Crippen LogP contribution is -2.41. The molecule has 6 nitrogen and oxygen atoms in total. The molecule has 0 spiro atoms.